The summed E-state index contributed by atoms with van der Waals surface area (Å²) in [5.74, 6) is 0. The van der Waals surface area contributed by atoms with Crippen molar-refractivity contribution in [3.8, 4) is 0 Å². The van der Waals surface area contributed by atoms with E-state index in [1.807, 2.05) is 12.1 Å². The van der Waals surface area contributed by atoms with Crippen LogP contribution in [0.4, 0.5) is 5.69 Å². The van der Waals surface area contributed by atoms with Crippen LogP contribution in [-0.2, 0) is 0 Å². The van der Waals surface area contributed by atoms with Crippen LogP contribution in [0.15, 0.2) is 24.3 Å². The molecule has 0 radical (unpaired) electrons. The number of halogens is 1. The highest BCUT2D eigenvalue weighted by Gasteiger charge is 2.24. The highest BCUT2D eigenvalue weighted by atomic mass is 35.5. The van der Waals surface area contributed by atoms with Crippen molar-refractivity contribution in [3.63, 3.8) is 0 Å². The Kier molecular flexibility index (Phi) is 3.17. The summed E-state index contributed by atoms with van der Waals surface area (Å²) in [5.41, 5.74) is 1.26. The van der Waals surface area contributed by atoms with Crippen molar-refractivity contribution in [2.45, 2.75) is 25.9 Å². The lowest BCUT2D eigenvalue weighted by Crippen LogP contribution is -2.55. The first-order valence-corrected chi connectivity index (χ1v) is 5.81. The lowest BCUT2D eigenvalue weighted by atomic mass is 10.1. The van der Waals surface area contributed by atoms with E-state index in [0.29, 0.717) is 12.1 Å². The number of nitrogens with one attached hydrogen (secondary N) is 1. The van der Waals surface area contributed by atoms with Gasteiger partial charge in [-0.15, -0.1) is 0 Å². The van der Waals surface area contributed by atoms with Gasteiger partial charge in [-0.3, -0.25) is 0 Å². The standard InChI is InChI=1S/C12H17ClN2/c1-9-7-14-8-10(2)15(9)12-5-3-11(13)4-6-12/h3-6,9-10,14H,7-8H2,1-2H3/t9-,10+. The van der Waals surface area contributed by atoms with Crippen molar-refractivity contribution in [2.24, 2.45) is 0 Å². The molecule has 1 N–H and O–H groups in total. The zero-order chi connectivity index (χ0) is 10.8. The van der Waals surface area contributed by atoms with Gasteiger partial charge in [-0.05, 0) is 38.1 Å². The van der Waals surface area contributed by atoms with Gasteiger partial charge < -0.3 is 10.2 Å². The molecule has 0 aromatic heterocycles. The van der Waals surface area contributed by atoms with Crippen LogP contribution in [0, 0.1) is 0 Å². The Morgan fingerprint density at radius 2 is 1.67 bits per heavy atom. The van der Waals surface area contributed by atoms with Crippen LogP contribution in [0.5, 0.6) is 0 Å². The molecule has 15 heavy (non-hydrogen) atoms. The fourth-order valence-corrected chi connectivity index (χ4v) is 2.38. The maximum absolute atomic E-state index is 5.89. The number of benzene rings is 1. The average Bonchev–Trinajstić information content (AvgIpc) is 2.20. The molecule has 0 bridgehead atoms. The summed E-state index contributed by atoms with van der Waals surface area (Å²) in [6.07, 6.45) is 0. The molecule has 0 unspecified atom stereocenters. The van der Waals surface area contributed by atoms with Gasteiger partial charge in [0.1, 0.15) is 0 Å². The second-order valence-electron chi connectivity index (χ2n) is 4.24. The molecule has 3 heteroatoms. The summed E-state index contributed by atoms with van der Waals surface area (Å²) < 4.78 is 0. The monoisotopic (exact) mass is 224 g/mol. The van der Waals surface area contributed by atoms with E-state index in [1.165, 1.54) is 5.69 Å². The summed E-state index contributed by atoms with van der Waals surface area (Å²) >= 11 is 5.89. The van der Waals surface area contributed by atoms with E-state index in [9.17, 15) is 0 Å². The fraction of sp³-hybridized carbons (Fsp3) is 0.500. The molecule has 0 saturated carbocycles. The SMILES string of the molecule is C[C@@H]1CNC[C@H](C)N1c1ccc(Cl)cc1. The molecule has 1 fully saturated rings. The molecular formula is C12H17ClN2. The summed E-state index contributed by atoms with van der Waals surface area (Å²) in [6.45, 7) is 6.59. The molecule has 1 aromatic rings. The van der Waals surface area contributed by atoms with E-state index in [4.69, 9.17) is 11.6 Å². The molecular weight excluding hydrogens is 208 g/mol. The van der Waals surface area contributed by atoms with Crippen LogP contribution in [0.3, 0.4) is 0 Å². The van der Waals surface area contributed by atoms with Gasteiger partial charge >= 0.3 is 0 Å². The molecule has 2 rings (SSSR count). The van der Waals surface area contributed by atoms with E-state index in [2.05, 4.69) is 36.2 Å². The van der Waals surface area contributed by atoms with Crippen molar-refractivity contribution >= 4 is 17.3 Å². The summed E-state index contributed by atoms with van der Waals surface area (Å²) in [5, 5.41) is 4.23. The largest absolute Gasteiger partial charge is 0.364 e. The average molecular weight is 225 g/mol. The predicted octanol–water partition coefficient (Wildman–Crippen LogP) is 2.53. The summed E-state index contributed by atoms with van der Waals surface area (Å²) in [6, 6.07) is 9.18. The molecule has 2 nitrogen and oxygen atoms in total. The van der Waals surface area contributed by atoms with Crippen molar-refractivity contribution < 1.29 is 0 Å². The molecule has 2 atom stereocenters. The first kappa shape index (κ1) is 10.8. The fourth-order valence-electron chi connectivity index (χ4n) is 2.25. The minimum absolute atomic E-state index is 0.537. The smallest absolute Gasteiger partial charge is 0.0407 e. The van der Waals surface area contributed by atoms with Gasteiger partial charge in [-0.1, -0.05) is 11.6 Å². The van der Waals surface area contributed by atoms with Crippen LogP contribution >= 0.6 is 11.6 Å². The molecule has 1 aliphatic heterocycles. The minimum Gasteiger partial charge on any atom is -0.364 e. The second kappa shape index (κ2) is 4.42. The lowest BCUT2D eigenvalue weighted by Gasteiger charge is -2.41. The molecule has 1 saturated heterocycles. The quantitative estimate of drug-likeness (QED) is 0.789. The first-order chi connectivity index (χ1) is 7.18. The highest BCUT2D eigenvalue weighted by Crippen LogP contribution is 2.23. The van der Waals surface area contributed by atoms with Crippen LogP contribution in [-0.4, -0.2) is 25.2 Å². The Morgan fingerprint density at radius 1 is 1.13 bits per heavy atom. The normalized spacial score (nSPS) is 26.7. The van der Waals surface area contributed by atoms with Gasteiger partial charge in [-0.25, -0.2) is 0 Å². The molecule has 82 valence electrons. The second-order valence-corrected chi connectivity index (χ2v) is 4.68. The minimum atomic E-state index is 0.537. The van der Waals surface area contributed by atoms with Crippen LogP contribution in [0.2, 0.25) is 5.02 Å². The maximum atomic E-state index is 5.89. The van der Waals surface area contributed by atoms with Gasteiger partial charge in [0.25, 0.3) is 0 Å². The van der Waals surface area contributed by atoms with E-state index >= 15 is 0 Å². The van der Waals surface area contributed by atoms with Crippen LogP contribution < -0.4 is 10.2 Å². The third-order valence-electron chi connectivity index (χ3n) is 2.95. The molecule has 1 heterocycles. The highest BCUT2D eigenvalue weighted by molar-refractivity contribution is 6.30. The Hall–Kier alpha value is -0.730. The van der Waals surface area contributed by atoms with Crippen molar-refractivity contribution in [2.75, 3.05) is 18.0 Å². The topological polar surface area (TPSA) is 15.3 Å². The number of hydrogen-bond donors (Lipinski definition) is 1. The molecule has 0 spiro atoms. The van der Waals surface area contributed by atoms with Crippen molar-refractivity contribution in [3.05, 3.63) is 29.3 Å². The van der Waals surface area contributed by atoms with E-state index in [-0.39, 0.29) is 0 Å². The number of hydrogen-bond acceptors (Lipinski definition) is 2. The molecule has 0 amide bonds. The first-order valence-electron chi connectivity index (χ1n) is 5.43. The number of rotatable bonds is 1. The Bertz CT molecular complexity index is 313. The van der Waals surface area contributed by atoms with E-state index in [0.717, 1.165) is 18.1 Å². The van der Waals surface area contributed by atoms with Gasteiger partial charge in [0.2, 0.25) is 0 Å². The predicted molar refractivity (Wildman–Crippen MR) is 65.7 cm³/mol. The maximum Gasteiger partial charge on any atom is 0.0407 e. The third kappa shape index (κ3) is 2.27. The Morgan fingerprint density at radius 3 is 2.20 bits per heavy atom. The Labute approximate surface area is 96.2 Å². The zero-order valence-corrected chi connectivity index (χ0v) is 9.96. The third-order valence-corrected chi connectivity index (χ3v) is 3.21. The van der Waals surface area contributed by atoms with Crippen LogP contribution in [0.1, 0.15) is 13.8 Å². The molecule has 1 aromatic carbocycles. The van der Waals surface area contributed by atoms with Crippen LogP contribution in [0.25, 0.3) is 0 Å². The number of nitrogens with zero attached hydrogens (tertiary/aromatic N) is 1. The lowest BCUT2D eigenvalue weighted by molar-refractivity contribution is 0.432. The Balaban J connectivity index is 2.23. The zero-order valence-electron chi connectivity index (χ0n) is 9.20. The van der Waals surface area contributed by atoms with Gasteiger partial charge in [0.05, 0.1) is 0 Å². The van der Waals surface area contributed by atoms with Crippen molar-refractivity contribution in [1.82, 2.24) is 5.32 Å². The van der Waals surface area contributed by atoms with Gasteiger partial charge in [0, 0.05) is 35.9 Å². The number of piperazine rings is 1. The van der Waals surface area contributed by atoms with E-state index in [1.54, 1.807) is 0 Å². The summed E-state index contributed by atoms with van der Waals surface area (Å²) in [4.78, 5) is 2.45. The molecule has 1 aliphatic rings. The van der Waals surface area contributed by atoms with Crippen molar-refractivity contribution in [1.29, 1.82) is 0 Å². The summed E-state index contributed by atoms with van der Waals surface area (Å²) in [7, 11) is 0. The number of anilines is 1. The molecule has 0 aliphatic carbocycles. The van der Waals surface area contributed by atoms with E-state index < -0.39 is 0 Å². The van der Waals surface area contributed by atoms with Gasteiger partial charge in [0.15, 0.2) is 0 Å². The van der Waals surface area contributed by atoms with Gasteiger partial charge in [-0.2, -0.15) is 0 Å².